The van der Waals surface area contributed by atoms with Gasteiger partial charge in [0.25, 0.3) is 0 Å². The number of rotatable bonds is 6. The van der Waals surface area contributed by atoms with Gasteiger partial charge in [-0.1, -0.05) is 0 Å². The average Bonchev–Trinajstić information content (AvgIpc) is 2.88. The fourth-order valence-corrected chi connectivity index (χ4v) is 3.80. The number of nitrogens with zero attached hydrogens (tertiary/aromatic N) is 1. The van der Waals surface area contributed by atoms with Crippen LogP contribution in [0.2, 0.25) is 0 Å². The molecule has 7 heteroatoms. The van der Waals surface area contributed by atoms with Crippen molar-refractivity contribution in [3.63, 3.8) is 0 Å². The van der Waals surface area contributed by atoms with Crippen LogP contribution in [-0.2, 0) is 14.6 Å². The van der Waals surface area contributed by atoms with Gasteiger partial charge in [0.05, 0.1) is 16.6 Å². The first-order valence-electron chi connectivity index (χ1n) is 6.88. The Kier molecular flexibility index (Phi) is 4.95. The first-order valence-corrected chi connectivity index (χ1v) is 8.54. The van der Waals surface area contributed by atoms with Gasteiger partial charge in [-0.05, 0) is 50.2 Å². The lowest BCUT2D eigenvalue weighted by molar-refractivity contribution is -0.121. The van der Waals surface area contributed by atoms with Gasteiger partial charge in [-0.3, -0.25) is 4.79 Å². The molecule has 0 aliphatic carbocycles. The van der Waals surface area contributed by atoms with Crippen LogP contribution in [0, 0.1) is 11.7 Å². The summed E-state index contributed by atoms with van der Waals surface area (Å²) in [6, 6.07) is 4.85. The molecule has 1 fully saturated rings. The number of likely N-dealkylation sites (tertiary alicyclic amines) is 1. The SMILES string of the molecule is NC(=O)C1CCN(CCCS(=O)(=O)c2ccc(F)cc2)C1. The Bertz CT molecular complexity index is 601. The minimum Gasteiger partial charge on any atom is -0.369 e. The largest absolute Gasteiger partial charge is 0.369 e. The fraction of sp³-hybridized carbons (Fsp3) is 0.500. The number of benzene rings is 1. The normalized spacial score (nSPS) is 19.8. The number of amides is 1. The van der Waals surface area contributed by atoms with Crippen LogP contribution in [0.15, 0.2) is 29.2 Å². The summed E-state index contributed by atoms with van der Waals surface area (Å²) in [5.74, 6) is -0.866. The van der Waals surface area contributed by atoms with Crippen molar-refractivity contribution in [3.8, 4) is 0 Å². The molecule has 0 radical (unpaired) electrons. The summed E-state index contributed by atoms with van der Waals surface area (Å²) in [6.45, 7) is 1.99. The lowest BCUT2D eigenvalue weighted by atomic mass is 10.1. The van der Waals surface area contributed by atoms with Crippen molar-refractivity contribution in [1.29, 1.82) is 0 Å². The van der Waals surface area contributed by atoms with Gasteiger partial charge in [-0.25, -0.2) is 12.8 Å². The molecule has 1 aromatic rings. The molecular weight excluding hydrogens is 295 g/mol. The Morgan fingerprint density at radius 1 is 1.33 bits per heavy atom. The maximum Gasteiger partial charge on any atom is 0.221 e. The molecule has 1 aliphatic rings. The molecule has 1 heterocycles. The zero-order valence-corrected chi connectivity index (χ0v) is 12.5. The van der Waals surface area contributed by atoms with E-state index in [1.807, 2.05) is 0 Å². The third-order valence-corrected chi connectivity index (χ3v) is 5.55. The van der Waals surface area contributed by atoms with Crippen LogP contribution in [-0.4, -0.2) is 44.6 Å². The maximum atomic E-state index is 12.8. The fourth-order valence-electron chi connectivity index (χ4n) is 2.51. The van der Waals surface area contributed by atoms with Crippen molar-refractivity contribution >= 4 is 15.7 Å². The first-order chi connectivity index (χ1) is 9.88. The number of carbonyl (C=O) groups excluding carboxylic acids is 1. The highest BCUT2D eigenvalue weighted by molar-refractivity contribution is 7.91. The smallest absolute Gasteiger partial charge is 0.221 e. The molecule has 1 unspecified atom stereocenters. The molecule has 2 rings (SSSR count). The van der Waals surface area contributed by atoms with E-state index in [1.165, 1.54) is 12.1 Å². The molecule has 1 aromatic carbocycles. The van der Waals surface area contributed by atoms with Crippen LogP contribution < -0.4 is 5.73 Å². The number of hydrogen-bond donors (Lipinski definition) is 1. The average molecular weight is 314 g/mol. The minimum atomic E-state index is -3.38. The molecule has 0 spiro atoms. The second-order valence-corrected chi connectivity index (χ2v) is 7.42. The second-order valence-electron chi connectivity index (χ2n) is 5.31. The van der Waals surface area contributed by atoms with Crippen LogP contribution in [0.3, 0.4) is 0 Å². The number of halogens is 1. The van der Waals surface area contributed by atoms with Crippen molar-refractivity contribution in [2.45, 2.75) is 17.7 Å². The lowest BCUT2D eigenvalue weighted by Gasteiger charge is -2.15. The summed E-state index contributed by atoms with van der Waals surface area (Å²) in [6.07, 6.45) is 1.21. The Hall–Kier alpha value is -1.47. The molecule has 116 valence electrons. The van der Waals surface area contributed by atoms with Crippen molar-refractivity contribution in [2.24, 2.45) is 11.7 Å². The molecule has 1 saturated heterocycles. The summed E-state index contributed by atoms with van der Waals surface area (Å²) in [5, 5.41) is 0. The molecule has 1 aliphatic heterocycles. The summed E-state index contributed by atoms with van der Waals surface area (Å²) < 4.78 is 36.9. The molecule has 0 saturated carbocycles. The highest BCUT2D eigenvalue weighted by Crippen LogP contribution is 2.17. The zero-order chi connectivity index (χ0) is 15.5. The third kappa shape index (κ3) is 4.25. The topological polar surface area (TPSA) is 80.5 Å². The monoisotopic (exact) mass is 314 g/mol. The number of hydrogen-bond acceptors (Lipinski definition) is 4. The number of carbonyl (C=O) groups is 1. The van der Waals surface area contributed by atoms with Crippen LogP contribution in [0.1, 0.15) is 12.8 Å². The maximum absolute atomic E-state index is 12.8. The molecule has 5 nitrogen and oxygen atoms in total. The highest BCUT2D eigenvalue weighted by Gasteiger charge is 2.26. The van der Waals surface area contributed by atoms with E-state index in [0.29, 0.717) is 19.5 Å². The van der Waals surface area contributed by atoms with Gasteiger partial charge in [-0.15, -0.1) is 0 Å². The van der Waals surface area contributed by atoms with Gasteiger partial charge in [0.1, 0.15) is 5.82 Å². The van der Waals surface area contributed by atoms with E-state index in [9.17, 15) is 17.6 Å². The Morgan fingerprint density at radius 3 is 2.57 bits per heavy atom. The van der Waals surface area contributed by atoms with Crippen LogP contribution in [0.5, 0.6) is 0 Å². The Balaban J connectivity index is 1.83. The molecule has 1 atom stereocenters. The van der Waals surface area contributed by atoms with Gasteiger partial charge in [0.2, 0.25) is 5.91 Å². The van der Waals surface area contributed by atoms with E-state index in [-0.39, 0.29) is 22.5 Å². The first kappa shape index (κ1) is 15.9. The van der Waals surface area contributed by atoms with Crippen molar-refractivity contribution in [3.05, 3.63) is 30.1 Å². The summed E-state index contributed by atoms with van der Waals surface area (Å²) in [5.41, 5.74) is 5.25. The van der Waals surface area contributed by atoms with Crippen LogP contribution in [0.25, 0.3) is 0 Å². The lowest BCUT2D eigenvalue weighted by Crippen LogP contribution is -2.28. The van der Waals surface area contributed by atoms with E-state index in [1.54, 1.807) is 0 Å². The van der Waals surface area contributed by atoms with E-state index in [4.69, 9.17) is 5.73 Å². The zero-order valence-electron chi connectivity index (χ0n) is 11.7. The van der Waals surface area contributed by atoms with E-state index < -0.39 is 15.7 Å². The van der Waals surface area contributed by atoms with E-state index in [2.05, 4.69) is 4.90 Å². The Labute approximate surface area is 123 Å². The summed E-state index contributed by atoms with van der Waals surface area (Å²) in [7, 11) is -3.38. The van der Waals surface area contributed by atoms with E-state index >= 15 is 0 Å². The van der Waals surface area contributed by atoms with E-state index in [0.717, 1.165) is 25.1 Å². The molecule has 21 heavy (non-hydrogen) atoms. The van der Waals surface area contributed by atoms with Crippen molar-refractivity contribution in [2.75, 3.05) is 25.4 Å². The number of primary amides is 1. The van der Waals surface area contributed by atoms with Crippen molar-refractivity contribution in [1.82, 2.24) is 4.90 Å². The quantitative estimate of drug-likeness (QED) is 0.788. The van der Waals surface area contributed by atoms with Gasteiger partial charge in [0.15, 0.2) is 9.84 Å². The van der Waals surface area contributed by atoms with Gasteiger partial charge < -0.3 is 10.6 Å². The van der Waals surface area contributed by atoms with Crippen LogP contribution in [0.4, 0.5) is 4.39 Å². The molecule has 0 bridgehead atoms. The summed E-state index contributed by atoms with van der Waals surface area (Å²) in [4.78, 5) is 13.3. The predicted molar refractivity (Wildman–Crippen MR) is 76.8 cm³/mol. The third-order valence-electron chi connectivity index (χ3n) is 3.73. The molecule has 1 amide bonds. The standard InChI is InChI=1S/C14H19FN2O3S/c15-12-2-4-13(5-3-12)21(19,20)9-1-7-17-8-6-11(10-17)14(16)18/h2-5,11H,1,6-10H2,(H2,16,18). The molecule has 0 aromatic heterocycles. The van der Waals surface area contributed by atoms with Gasteiger partial charge in [-0.2, -0.15) is 0 Å². The number of sulfone groups is 1. The number of nitrogens with two attached hydrogens (primary N) is 1. The minimum absolute atomic E-state index is 0.0103. The van der Waals surface area contributed by atoms with Gasteiger partial charge in [0, 0.05) is 6.54 Å². The predicted octanol–water partition coefficient (Wildman–Crippen LogP) is 0.797. The van der Waals surface area contributed by atoms with Crippen LogP contribution >= 0.6 is 0 Å². The second kappa shape index (κ2) is 6.53. The summed E-state index contributed by atoms with van der Waals surface area (Å²) >= 11 is 0. The molecular formula is C14H19FN2O3S. The Morgan fingerprint density at radius 2 is 2.00 bits per heavy atom. The highest BCUT2D eigenvalue weighted by atomic mass is 32.2. The molecule has 2 N–H and O–H groups in total. The van der Waals surface area contributed by atoms with Gasteiger partial charge >= 0.3 is 0 Å². The van der Waals surface area contributed by atoms with Crippen molar-refractivity contribution < 1.29 is 17.6 Å².